The van der Waals surface area contributed by atoms with Crippen LogP contribution >= 0.6 is 22.6 Å². The minimum absolute atomic E-state index is 0.153. The Bertz CT molecular complexity index is 1000. The highest BCUT2D eigenvalue weighted by Gasteiger charge is 2.23. The van der Waals surface area contributed by atoms with Gasteiger partial charge in [-0.2, -0.15) is 0 Å². The van der Waals surface area contributed by atoms with Crippen molar-refractivity contribution in [3.8, 4) is 11.5 Å². The van der Waals surface area contributed by atoms with Crippen molar-refractivity contribution in [3.05, 3.63) is 62.4 Å². The van der Waals surface area contributed by atoms with Crippen molar-refractivity contribution in [2.24, 2.45) is 0 Å². The number of ether oxygens (including phenoxy) is 2. The van der Waals surface area contributed by atoms with E-state index in [0.29, 0.717) is 23.7 Å². The fraction of sp³-hybridized carbons (Fsp3) is 0.150. The van der Waals surface area contributed by atoms with Gasteiger partial charge in [-0.25, -0.2) is 9.59 Å². The molecule has 2 aromatic carbocycles. The van der Waals surface area contributed by atoms with E-state index in [2.05, 4.69) is 33.2 Å². The fourth-order valence-corrected chi connectivity index (χ4v) is 3.40. The molecule has 0 radical (unpaired) electrons. The van der Waals surface area contributed by atoms with Crippen LogP contribution in [0.2, 0.25) is 0 Å². The Morgan fingerprint density at radius 3 is 2.45 bits per heavy atom. The first-order chi connectivity index (χ1) is 13.9. The van der Waals surface area contributed by atoms with Gasteiger partial charge in [0.15, 0.2) is 11.5 Å². The van der Waals surface area contributed by atoms with Gasteiger partial charge in [-0.15, -0.1) is 0 Å². The van der Waals surface area contributed by atoms with Gasteiger partial charge >= 0.3 is 12.0 Å². The number of hydrogen-bond acceptors (Lipinski definition) is 5. The Kier molecular flexibility index (Phi) is 6.37. The molecule has 1 aliphatic rings. The van der Waals surface area contributed by atoms with Crippen molar-refractivity contribution in [2.75, 3.05) is 6.61 Å². The Labute approximate surface area is 180 Å². The maximum absolute atomic E-state index is 11.7. The summed E-state index contributed by atoms with van der Waals surface area (Å²) in [6.45, 7) is 2.49. The highest BCUT2D eigenvalue weighted by atomic mass is 127. The quantitative estimate of drug-likeness (QED) is 0.301. The highest BCUT2D eigenvalue weighted by Crippen LogP contribution is 2.35. The molecule has 0 spiro atoms. The van der Waals surface area contributed by atoms with Gasteiger partial charge in [-0.3, -0.25) is 10.1 Å². The smallest absolute Gasteiger partial charge is 0.335 e. The molecule has 2 aromatic rings. The molecular weight excluding hydrogens is 491 g/mol. The summed E-state index contributed by atoms with van der Waals surface area (Å²) >= 11 is 2.10. The SMILES string of the molecule is CCOc1cc(/C=C2/NC(=O)NC2=O)cc(I)c1OCc1ccc(C(=O)O)cc1. The van der Waals surface area contributed by atoms with E-state index in [0.717, 1.165) is 9.13 Å². The first-order valence-electron chi connectivity index (χ1n) is 8.62. The van der Waals surface area contributed by atoms with Crippen molar-refractivity contribution in [1.82, 2.24) is 10.6 Å². The van der Waals surface area contributed by atoms with Crippen molar-refractivity contribution in [2.45, 2.75) is 13.5 Å². The van der Waals surface area contributed by atoms with E-state index in [1.165, 1.54) is 12.1 Å². The van der Waals surface area contributed by atoms with Crippen LogP contribution in [0.5, 0.6) is 11.5 Å². The number of carboxylic acids is 1. The average molecular weight is 508 g/mol. The summed E-state index contributed by atoms with van der Waals surface area (Å²) in [7, 11) is 0. The van der Waals surface area contributed by atoms with Gasteiger partial charge in [0, 0.05) is 0 Å². The van der Waals surface area contributed by atoms with Crippen LogP contribution < -0.4 is 20.1 Å². The molecule has 8 nitrogen and oxygen atoms in total. The molecule has 0 unspecified atom stereocenters. The summed E-state index contributed by atoms with van der Waals surface area (Å²) in [4.78, 5) is 33.9. The van der Waals surface area contributed by atoms with Crippen LogP contribution in [0.1, 0.15) is 28.4 Å². The van der Waals surface area contributed by atoms with E-state index in [9.17, 15) is 14.4 Å². The lowest BCUT2D eigenvalue weighted by Crippen LogP contribution is -2.22. The maximum Gasteiger partial charge on any atom is 0.335 e. The average Bonchev–Trinajstić information content (AvgIpc) is 2.98. The van der Waals surface area contributed by atoms with E-state index in [1.54, 1.807) is 30.3 Å². The van der Waals surface area contributed by atoms with Crippen LogP contribution in [-0.4, -0.2) is 29.6 Å². The number of benzene rings is 2. The second-order valence-corrected chi connectivity index (χ2v) is 7.18. The van der Waals surface area contributed by atoms with Crippen LogP contribution in [0.15, 0.2) is 42.1 Å². The van der Waals surface area contributed by atoms with Gasteiger partial charge in [0.25, 0.3) is 5.91 Å². The first kappa shape index (κ1) is 20.6. The molecule has 3 amide bonds. The molecule has 3 rings (SSSR count). The summed E-state index contributed by atoms with van der Waals surface area (Å²) < 4.78 is 12.4. The monoisotopic (exact) mass is 508 g/mol. The zero-order chi connectivity index (χ0) is 21.0. The normalized spacial score (nSPS) is 14.5. The molecule has 0 aromatic heterocycles. The van der Waals surface area contributed by atoms with Gasteiger partial charge in [0.2, 0.25) is 0 Å². The third-order valence-corrected chi connectivity index (χ3v) is 4.75. The fourth-order valence-electron chi connectivity index (χ4n) is 2.62. The van der Waals surface area contributed by atoms with Crippen LogP contribution in [0.4, 0.5) is 4.79 Å². The Morgan fingerprint density at radius 1 is 1.14 bits per heavy atom. The predicted octanol–water partition coefficient (Wildman–Crippen LogP) is 3.15. The molecule has 0 aliphatic carbocycles. The molecule has 1 heterocycles. The summed E-state index contributed by atoms with van der Waals surface area (Å²) in [5, 5.41) is 13.6. The minimum atomic E-state index is -0.984. The topological polar surface area (TPSA) is 114 Å². The standard InChI is InChI=1S/C20H17IN2O6/c1-2-28-16-9-12(8-15-18(24)23-20(27)22-15)7-14(21)17(16)29-10-11-3-5-13(6-4-11)19(25)26/h3-9H,2,10H2,1H3,(H,25,26)(H2,22,23,24,27)/b15-8+. The summed E-state index contributed by atoms with van der Waals surface area (Å²) in [5.74, 6) is -0.439. The molecule has 0 saturated carbocycles. The minimum Gasteiger partial charge on any atom is -0.490 e. The van der Waals surface area contributed by atoms with E-state index < -0.39 is 17.9 Å². The van der Waals surface area contributed by atoms with E-state index >= 15 is 0 Å². The van der Waals surface area contributed by atoms with Crippen molar-refractivity contribution >= 4 is 46.6 Å². The van der Waals surface area contributed by atoms with Crippen LogP contribution in [0.3, 0.4) is 0 Å². The number of rotatable bonds is 7. The van der Waals surface area contributed by atoms with E-state index in [1.807, 2.05) is 6.92 Å². The van der Waals surface area contributed by atoms with Gasteiger partial charge in [0.05, 0.1) is 15.7 Å². The van der Waals surface area contributed by atoms with Gasteiger partial charge < -0.3 is 19.9 Å². The Morgan fingerprint density at radius 2 is 1.86 bits per heavy atom. The maximum atomic E-state index is 11.7. The Balaban J connectivity index is 1.82. The second-order valence-electron chi connectivity index (χ2n) is 6.02. The number of halogens is 1. The molecule has 9 heteroatoms. The van der Waals surface area contributed by atoms with E-state index in [-0.39, 0.29) is 17.9 Å². The lowest BCUT2D eigenvalue weighted by atomic mass is 10.1. The van der Waals surface area contributed by atoms with Gasteiger partial charge in [-0.1, -0.05) is 12.1 Å². The number of carboxylic acid groups (broad SMARTS) is 1. The summed E-state index contributed by atoms with van der Waals surface area (Å²) in [5.41, 5.74) is 1.84. The van der Waals surface area contributed by atoms with E-state index in [4.69, 9.17) is 14.6 Å². The third-order valence-electron chi connectivity index (χ3n) is 3.95. The molecule has 3 N–H and O–H groups in total. The molecule has 0 bridgehead atoms. The number of urea groups is 1. The molecule has 1 saturated heterocycles. The van der Waals surface area contributed by atoms with Crippen LogP contribution in [-0.2, 0) is 11.4 Å². The molecule has 150 valence electrons. The molecule has 1 fully saturated rings. The molecular formula is C20H17IN2O6. The van der Waals surface area contributed by atoms with Crippen molar-refractivity contribution in [3.63, 3.8) is 0 Å². The number of hydrogen-bond donors (Lipinski definition) is 3. The molecule has 1 aliphatic heterocycles. The zero-order valence-corrected chi connectivity index (χ0v) is 17.5. The first-order valence-corrected chi connectivity index (χ1v) is 9.70. The highest BCUT2D eigenvalue weighted by molar-refractivity contribution is 14.1. The second kappa shape index (κ2) is 8.95. The summed E-state index contributed by atoms with van der Waals surface area (Å²) in [6.07, 6.45) is 1.55. The predicted molar refractivity (Wildman–Crippen MR) is 113 cm³/mol. The Hall–Kier alpha value is -3.08. The number of aromatic carboxylic acids is 1. The van der Waals surface area contributed by atoms with Gasteiger partial charge in [0.1, 0.15) is 12.3 Å². The molecule has 0 atom stereocenters. The van der Waals surface area contributed by atoms with Crippen LogP contribution in [0.25, 0.3) is 6.08 Å². The lowest BCUT2D eigenvalue weighted by Gasteiger charge is -2.15. The number of nitrogens with one attached hydrogen (secondary N) is 2. The molecule has 29 heavy (non-hydrogen) atoms. The number of imide groups is 1. The lowest BCUT2D eigenvalue weighted by molar-refractivity contribution is -0.115. The number of carbonyl (C=O) groups is 3. The van der Waals surface area contributed by atoms with Crippen molar-refractivity contribution in [1.29, 1.82) is 0 Å². The van der Waals surface area contributed by atoms with Crippen LogP contribution in [0, 0.1) is 3.57 Å². The summed E-state index contributed by atoms with van der Waals surface area (Å²) in [6, 6.07) is 9.39. The third kappa shape index (κ3) is 5.05. The number of carbonyl (C=O) groups excluding carboxylic acids is 2. The largest absolute Gasteiger partial charge is 0.490 e. The van der Waals surface area contributed by atoms with Gasteiger partial charge in [-0.05, 0) is 71.0 Å². The number of amides is 3. The van der Waals surface area contributed by atoms with Crippen molar-refractivity contribution < 1.29 is 29.0 Å². The zero-order valence-electron chi connectivity index (χ0n) is 15.3.